The van der Waals surface area contributed by atoms with E-state index in [0.717, 1.165) is 20.3 Å². The van der Waals surface area contributed by atoms with Crippen LogP contribution in [0.3, 0.4) is 0 Å². The second-order valence-electron chi connectivity index (χ2n) is 3.24. The van der Waals surface area contributed by atoms with E-state index in [9.17, 15) is 18.0 Å². The summed E-state index contributed by atoms with van der Waals surface area (Å²) in [4.78, 5) is 15.3. The van der Waals surface area contributed by atoms with E-state index in [2.05, 4.69) is 14.5 Å². The highest BCUT2D eigenvalue weighted by Gasteiger charge is 2.35. The first kappa shape index (κ1) is 15.0. The molecule has 106 valence electrons. The largest absolute Gasteiger partial charge is 0.573 e. The van der Waals surface area contributed by atoms with Gasteiger partial charge in [0.2, 0.25) is 5.88 Å². The number of methoxy groups -OCH3 is 2. The van der Waals surface area contributed by atoms with Gasteiger partial charge in [0.05, 0.1) is 19.9 Å². The van der Waals surface area contributed by atoms with Crippen LogP contribution in [-0.2, 0) is 11.3 Å². The van der Waals surface area contributed by atoms with Gasteiger partial charge in [-0.3, -0.25) is 0 Å². The minimum atomic E-state index is -4.97. The zero-order valence-corrected chi connectivity index (χ0v) is 10.1. The molecule has 0 saturated heterocycles. The van der Waals surface area contributed by atoms with Crippen molar-refractivity contribution in [2.45, 2.75) is 12.9 Å². The van der Waals surface area contributed by atoms with Crippen molar-refractivity contribution in [1.82, 2.24) is 4.98 Å². The van der Waals surface area contributed by atoms with Gasteiger partial charge in [-0.05, 0) is 0 Å². The Morgan fingerprint density at radius 1 is 1.42 bits per heavy atom. The Bertz CT molecular complexity index is 477. The Kier molecular flexibility index (Phi) is 4.54. The molecule has 1 rings (SSSR count). The SMILES string of the molecule is COC(=O)c1c(OC(F)(F)F)cc(CN)nc1OC. The van der Waals surface area contributed by atoms with Gasteiger partial charge in [-0.2, -0.15) is 0 Å². The molecule has 1 aromatic rings. The lowest BCUT2D eigenvalue weighted by molar-refractivity contribution is -0.274. The van der Waals surface area contributed by atoms with Crippen LogP contribution in [0.1, 0.15) is 16.1 Å². The Hall–Kier alpha value is -2.03. The number of nitrogens with two attached hydrogens (primary N) is 1. The third-order valence-corrected chi connectivity index (χ3v) is 2.02. The lowest BCUT2D eigenvalue weighted by Crippen LogP contribution is -2.21. The van der Waals surface area contributed by atoms with Crippen molar-refractivity contribution in [2.24, 2.45) is 5.73 Å². The summed E-state index contributed by atoms with van der Waals surface area (Å²) in [5.41, 5.74) is 4.81. The molecule has 0 spiro atoms. The summed E-state index contributed by atoms with van der Waals surface area (Å²) in [6.45, 7) is -0.147. The third kappa shape index (κ3) is 3.71. The molecule has 2 N–H and O–H groups in total. The van der Waals surface area contributed by atoms with Crippen LogP contribution in [-0.4, -0.2) is 31.5 Å². The van der Waals surface area contributed by atoms with Crippen molar-refractivity contribution in [2.75, 3.05) is 14.2 Å². The summed E-state index contributed by atoms with van der Waals surface area (Å²) < 4.78 is 49.8. The van der Waals surface area contributed by atoms with Gasteiger partial charge in [0.25, 0.3) is 0 Å². The van der Waals surface area contributed by atoms with E-state index in [1.165, 1.54) is 0 Å². The van der Waals surface area contributed by atoms with Crippen LogP contribution in [0.2, 0.25) is 0 Å². The monoisotopic (exact) mass is 280 g/mol. The van der Waals surface area contributed by atoms with Crippen LogP contribution in [0.5, 0.6) is 11.6 Å². The van der Waals surface area contributed by atoms with Crippen molar-refractivity contribution >= 4 is 5.97 Å². The van der Waals surface area contributed by atoms with Gasteiger partial charge >= 0.3 is 12.3 Å². The molecule has 0 radical (unpaired) electrons. The first-order chi connectivity index (χ1) is 8.82. The predicted molar refractivity (Wildman–Crippen MR) is 56.7 cm³/mol. The number of hydrogen-bond acceptors (Lipinski definition) is 6. The standard InChI is InChI=1S/C10H11F3N2O4/c1-17-8-7(9(16)18-2)6(19-10(11,12)13)3-5(4-14)15-8/h3H,4,14H2,1-2H3. The van der Waals surface area contributed by atoms with E-state index in [1.54, 1.807) is 0 Å². The van der Waals surface area contributed by atoms with Crippen molar-refractivity contribution < 1.29 is 32.2 Å². The van der Waals surface area contributed by atoms with E-state index >= 15 is 0 Å². The summed E-state index contributed by atoms with van der Waals surface area (Å²) in [5.74, 6) is -2.19. The molecule has 0 aliphatic heterocycles. The number of aromatic nitrogens is 1. The van der Waals surface area contributed by atoms with E-state index in [0.29, 0.717) is 0 Å². The van der Waals surface area contributed by atoms with Crippen LogP contribution in [0.25, 0.3) is 0 Å². The maximum absolute atomic E-state index is 12.3. The van der Waals surface area contributed by atoms with Gasteiger partial charge in [-0.25, -0.2) is 9.78 Å². The molecular formula is C10H11F3N2O4. The van der Waals surface area contributed by atoms with Crippen molar-refractivity contribution in [3.05, 3.63) is 17.3 Å². The number of carbonyl (C=O) groups is 1. The highest BCUT2D eigenvalue weighted by atomic mass is 19.4. The number of halogens is 3. The topological polar surface area (TPSA) is 83.7 Å². The molecule has 0 bridgehead atoms. The molecule has 0 aliphatic rings. The van der Waals surface area contributed by atoms with E-state index in [-0.39, 0.29) is 18.1 Å². The maximum Gasteiger partial charge on any atom is 0.573 e. The molecule has 0 fully saturated rings. The van der Waals surface area contributed by atoms with Gasteiger partial charge in [-0.1, -0.05) is 0 Å². The summed E-state index contributed by atoms with van der Waals surface area (Å²) >= 11 is 0. The zero-order chi connectivity index (χ0) is 14.6. The van der Waals surface area contributed by atoms with E-state index in [1.807, 2.05) is 0 Å². The number of hydrogen-bond donors (Lipinski definition) is 1. The molecule has 9 heteroatoms. The predicted octanol–water partition coefficient (Wildman–Crippen LogP) is 1.23. The van der Waals surface area contributed by atoms with Crippen molar-refractivity contribution in [3.63, 3.8) is 0 Å². The fraction of sp³-hybridized carbons (Fsp3) is 0.400. The van der Waals surface area contributed by atoms with Crippen LogP contribution >= 0.6 is 0 Å². The first-order valence-corrected chi connectivity index (χ1v) is 4.94. The molecule has 19 heavy (non-hydrogen) atoms. The lowest BCUT2D eigenvalue weighted by Gasteiger charge is -2.15. The number of rotatable bonds is 4. The first-order valence-electron chi connectivity index (χ1n) is 4.94. The van der Waals surface area contributed by atoms with Gasteiger partial charge in [0.1, 0.15) is 0 Å². The average Bonchev–Trinajstić information content (AvgIpc) is 2.34. The Labute approximate surface area is 106 Å². The molecule has 0 atom stereocenters. The van der Waals surface area contributed by atoms with Gasteiger partial charge in [0, 0.05) is 12.6 Å². The molecule has 0 unspecified atom stereocenters. The third-order valence-electron chi connectivity index (χ3n) is 2.02. The molecule has 1 aromatic heterocycles. The van der Waals surface area contributed by atoms with Crippen molar-refractivity contribution in [3.8, 4) is 11.6 Å². The van der Waals surface area contributed by atoms with Gasteiger partial charge < -0.3 is 19.9 Å². The number of ether oxygens (including phenoxy) is 3. The van der Waals surface area contributed by atoms with Gasteiger partial charge in [-0.15, -0.1) is 13.2 Å². The minimum Gasteiger partial charge on any atom is -0.480 e. The maximum atomic E-state index is 12.3. The molecule has 1 heterocycles. The smallest absolute Gasteiger partial charge is 0.480 e. The highest BCUT2D eigenvalue weighted by Crippen LogP contribution is 2.32. The zero-order valence-electron chi connectivity index (χ0n) is 10.1. The summed E-state index contributed by atoms with van der Waals surface area (Å²) in [6, 6.07) is 0.905. The Morgan fingerprint density at radius 3 is 2.47 bits per heavy atom. The molecule has 0 saturated carbocycles. The summed E-state index contributed by atoms with van der Waals surface area (Å²) in [5, 5.41) is 0. The molecular weight excluding hydrogens is 269 g/mol. The lowest BCUT2D eigenvalue weighted by atomic mass is 10.2. The van der Waals surface area contributed by atoms with E-state index in [4.69, 9.17) is 10.5 Å². The summed E-state index contributed by atoms with van der Waals surface area (Å²) in [7, 11) is 2.16. The van der Waals surface area contributed by atoms with Crippen LogP contribution < -0.4 is 15.2 Å². The average molecular weight is 280 g/mol. The fourth-order valence-corrected chi connectivity index (χ4v) is 1.29. The van der Waals surface area contributed by atoms with Crippen LogP contribution in [0.15, 0.2) is 6.07 Å². The Morgan fingerprint density at radius 2 is 2.05 bits per heavy atom. The Balaban J connectivity index is 3.41. The quantitative estimate of drug-likeness (QED) is 0.835. The molecule has 0 aliphatic carbocycles. The second-order valence-corrected chi connectivity index (χ2v) is 3.24. The summed E-state index contributed by atoms with van der Waals surface area (Å²) in [6.07, 6.45) is -4.97. The van der Waals surface area contributed by atoms with E-state index < -0.39 is 23.6 Å². The molecule has 0 aromatic carbocycles. The number of nitrogens with zero attached hydrogens (tertiary/aromatic N) is 1. The number of pyridine rings is 1. The molecule has 0 amide bonds. The highest BCUT2D eigenvalue weighted by molar-refractivity contribution is 5.95. The number of esters is 1. The van der Waals surface area contributed by atoms with Crippen LogP contribution in [0, 0.1) is 0 Å². The van der Waals surface area contributed by atoms with Crippen LogP contribution in [0.4, 0.5) is 13.2 Å². The second kappa shape index (κ2) is 5.74. The number of carbonyl (C=O) groups excluding carboxylic acids is 1. The fourth-order valence-electron chi connectivity index (χ4n) is 1.29. The molecule has 6 nitrogen and oxygen atoms in total. The van der Waals surface area contributed by atoms with Crippen molar-refractivity contribution in [1.29, 1.82) is 0 Å². The number of alkyl halides is 3. The van der Waals surface area contributed by atoms with Gasteiger partial charge in [0.15, 0.2) is 11.3 Å². The normalized spacial score (nSPS) is 11.1. The minimum absolute atomic E-state index is 0.0729.